The molecule has 3 rings (SSSR count). The van der Waals surface area contributed by atoms with Crippen molar-refractivity contribution in [1.29, 1.82) is 0 Å². The second kappa shape index (κ2) is 10.2. The van der Waals surface area contributed by atoms with Crippen LogP contribution in [0.4, 0.5) is 4.79 Å². The Morgan fingerprint density at radius 3 is 2.33 bits per heavy atom. The first-order valence-electron chi connectivity index (χ1n) is 9.86. The van der Waals surface area contributed by atoms with Crippen molar-refractivity contribution >= 4 is 29.0 Å². The molecule has 1 aliphatic rings. The minimum atomic E-state index is -0.325. The predicted molar refractivity (Wildman–Crippen MR) is 118 cm³/mol. The van der Waals surface area contributed by atoms with E-state index in [0.717, 1.165) is 22.9 Å². The number of rotatable bonds is 9. The van der Waals surface area contributed by atoms with E-state index in [9.17, 15) is 9.59 Å². The second-order valence-corrected chi connectivity index (χ2v) is 7.55. The fourth-order valence-electron chi connectivity index (χ4n) is 2.89. The Bertz CT molecular complexity index is 939. The highest BCUT2D eigenvalue weighted by atomic mass is 32.2. The summed E-state index contributed by atoms with van der Waals surface area (Å²) in [4.78, 5) is 26.7. The lowest BCUT2D eigenvalue weighted by Gasteiger charge is -2.13. The van der Waals surface area contributed by atoms with Crippen molar-refractivity contribution in [3.05, 3.63) is 58.5 Å². The summed E-state index contributed by atoms with van der Waals surface area (Å²) in [6.45, 7) is 7.26. The van der Waals surface area contributed by atoms with Gasteiger partial charge in [-0.05, 0) is 62.9 Å². The minimum absolute atomic E-state index is 0.192. The zero-order chi connectivity index (χ0) is 21.5. The third kappa shape index (κ3) is 5.36. The van der Waals surface area contributed by atoms with Crippen molar-refractivity contribution in [3.63, 3.8) is 0 Å². The molecule has 7 heteroatoms. The van der Waals surface area contributed by atoms with Gasteiger partial charge < -0.3 is 14.2 Å². The van der Waals surface area contributed by atoms with Crippen LogP contribution in [-0.4, -0.2) is 42.4 Å². The zero-order valence-corrected chi connectivity index (χ0v) is 18.2. The van der Waals surface area contributed by atoms with Crippen LogP contribution in [-0.2, 0) is 4.79 Å². The van der Waals surface area contributed by atoms with Gasteiger partial charge in [-0.3, -0.25) is 14.5 Å². The van der Waals surface area contributed by atoms with Gasteiger partial charge in [-0.2, -0.15) is 0 Å². The maximum atomic E-state index is 12.7. The molecular weight excluding hydrogens is 402 g/mol. The summed E-state index contributed by atoms with van der Waals surface area (Å²) in [5.74, 6) is 1.69. The molecule has 1 fully saturated rings. The lowest BCUT2D eigenvalue weighted by Crippen LogP contribution is -2.32. The number of benzene rings is 2. The van der Waals surface area contributed by atoms with E-state index < -0.39 is 0 Å². The summed E-state index contributed by atoms with van der Waals surface area (Å²) in [5.41, 5.74) is 1.86. The van der Waals surface area contributed by atoms with E-state index in [0.29, 0.717) is 35.4 Å². The van der Waals surface area contributed by atoms with E-state index in [2.05, 4.69) is 0 Å². The van der Waals surface area contributed by atoms with Gasteiger partial charge in [0, 0.05) is 11.6 Å². The Hall–Kier alpha value is -2.93. The molecule has 30 heavy (non-hydrogen) atoms. The third-order valence-electron chi connectivity index (χ3n) is 4.36. The van der Waals surface area contributed by atoms with Gasteiger partial charge in [-0.25, -0.2) is 0 Å². The molecule has 0 aliphatic carbocycles. The van der Waals surface area contributed by atoms with E-state index in [1.807, 2.05) is 57.2 Å². The van der Waals surface area contributed by atoms with Crippen LogP contribution in [0.5, 0.6) is 17.2 Å². The first kappa shape index (κ1) is 21.8. The van der Waals surface area contributed by atoms with Crippen molar-refractivity contribution < 1.29 is 23.8 Å². The van der Waals surface area contributed by atoms with Gasteiger partial charge in [0.2, 0.25) is 0 Å². The highest BCUT2D eigenvalue weighted by Crippen LogP contribution is 2.35. The first-order valence-corrected chi connectivity index (χ1v) is 10.7. The summed E-state index contributed by atoms with van der Waals surface area (Å²) < 4.78 is 16.8. The van der Waals surface area contributed by atoms with Crippen LogP contribution in [0.3, 0.4) is 0 Å². The molecular formula is C23H25NO5S. The Balaban J connectivity index is 1.69. The molecule has 0 saturated carbocycles. The Morgan fingerprint density at radius 1 is 0.933 bits per heavy atom. The lowest BCUT2D eigenvalue weighted by atomic mass is 10.1. The molecule has 0 unspecified atom stereocenters. The first-order chi connectivity index (χ1) is 14.5. The largest absolute Gasteiger partial charge is 0.494 e. The molecule has 0 N–H and O–H groups in total. The Kier molecular flexibility index (Phi) is 7.41. The molecule has 2 aromatic rings. The summed E-state index contributed by atoms with van der Waals surface area (Å²) >= 11 is 0.922. The van der Waals surface area contributed by atoms with Crippen molar-refractivity contribution in [2.45, 2.75) is 20.8 Å². The van der Waals surface area contributed by atoms with E-state index in [4.69, 9.17) is 14.2 Å². The number of aryl methyl sites for hydroxylation is 1. The molecule has 0 bridgehead atoms. The number of thioether (sulfide) groups is 1. The molecule has 1 heterocycles. The van der Waals surface area contributed by atoms with Crippen LogP contribution in [0.1, 0.15) is 25.0 Å². The topological polar surface area (TPSA) is 65.1 Å². The third-order valence-corrected chi connectivity index (χ3v) is 5.27. The van der Waals surface area contributed by atoms with Crippen LogP contribution in [0.2, 0.25) is 0 Å². The molecule has 0 spiro atoms. The van der Waals surface area contributed by atoms with Crippen molar-refractivity contribution in [3.8, 4) is 17.2 Å². The highest BCUT2D eigenvalue weighted by Gasteiger charge is 2.35. The standard InChI is InChI=1S/C23H25NO5S/c1-4-27-19-11-8-17(20(15-19)28-5-2)14-21-22(25)24(23(26)30-21)12-13-29-18-9-6-16(3)7-10-18/h6-11,14-15H,4-5,12-13H2,1-3H3/b21-14-. The monoisotopic (exact) mass is 427 g/mol. The van der Waals surface area contributed by atoms with E-state index in [-0.39, 0.29) is 24.3 Å². The quantitative estimate of drug-likeness (QED) is 0.530. The van der Waals surface area contributed by atoms with Crippen LogP contribution in [0, 0.1) is 6.92 Å². The van der Waals surface area contributed by atoms with Crippen LogP contribution in [0.15, 0.2) is 47.4 Å². The Morgan fingerprint density at radius 2 is 1.63 bits per heavy atom. The SMILES string of the molecule is CCOc1ccc(/C=C2\SC(=O)N(CCOc3ccc(C)cc3)C2=O)c(OCC)c1. The molecule has 6 nitrogen and oxygen atoms in total. The summed E-state index contributed by atoms with van der Waals surface area (Å²) in [5, 5.41) is -0.303. The van der Waals surface area contributed by atoms with E-state index >= 15 is 0 Å². The predicted octanol–water partition coefficient (Wildman–Crippen LogP) is 4.91. The maximum absolute atomic E-state index is 12.7. The summed E-state index contributed by atoms with van der Waals surface area (Å²) in [7, 11) is 0. The number of imide groups is 1. The number of carbonyl (C=O) groups is 2. The number of ether oxygens (including phenoxy) is 3. The molecule has 0 radical (unpaired) electrons. The number of amides is 2. The molecule has 2 amide bonds. The molecule has 1 saturated heterocycles. The van der Waals surface area contributed by atoms with Gasteiger partial charge in [0.15, 0.2) is 0 Å². The van der Waals surface area contributed by atoms with Gasteiger partial charge in [0.25, 0.3) is 11.1 Å². The van der Waals surface area contributed by atoms with Crippen molar-refractivity contribution in [2.75, 3.05) is 26.4 Å². The van der Waals surface area contributed by atoms with Gasteiger partial charge in [-0.1, -0.05) is 17.7 Å². The van der Waals surface area contributed by atoms with Gasteiger partial charge >= 0.3 is 0 Å². The molecule has 158 valence electrons. The number of hydrogen-bond donors (Lipinski definition) is 0. The molecule has 0 aromatic heterocycles. The average molecular weight is 428 g/mol. The highest BCUT2D eigenvalue weighted by molar-refractivity contribution is 8.18. The van der Waals surface area contributed by atoms with Crippen LogP contribution >= 0.6 is 11.8 Å². The lowest BCUT2D eigenvalue weighted by molar-refractivity contribution is -0.123. The minimum Gasteiger partial charge on any atom is -0.494 e. The Labute approximate surface area is 180 Å². The van der Waals surface area contributed by atoms with Gasteiger partial charge in [-0.15, -0.1) is 0 Å². The van der Waals surface area contributed by atoms with Crippen LogP contribution < -0.4 is 14.2 Å². The van der Waals surface area contributed by atoms with Crippen LogP contribution in [0.25, 0.3) is 6.08 Å². The van der Waals surface area contributed by atoms with Gasteiger partial charge in [0.1, 0.15) is 23.9 Å². The smallest absolute Gasteiger partial charge is 0.293 e. The molecule has 2 aromatic carbocycles. The fraction of sp³-hybridized carbons (Fsp3) is 0.304. The van der Waals surface area contributed by atoms with Gasteiger partial charge in [0.05, 0.1) is 24.7 Å². The van der Waals surface area contributed by atoms with E-state index in [1.165, 1.54) is 4.90 Å². The fourth-order valence-corrected chi connectivity index (χ4v) is 3.75. The normalized spacial score (nSPS) is 15.0. The average Bonchev–Trinajstić information content (AvgIpc) is 2.99. The summed E-state index contributed by atoms with van der Waals surface area (Å²) in [6, 6.07) is 13.1. The zero-order valence-electron chi connectivity index (χ0n) is 17.3. The number of carbonyl (C=O) groups excluding carboxylic acids is 2. The maximum Gasteiger partial charge on any atom is 0.293 e. The molecule has 1 aliphatic heterocycles. The second-order valence-electron chi connectivity index (χ2n) is 6.56. The van der Waals surface area contributed by atoms with Crippen molar-refractivity contribution in [2.24, 2.45) is 0 Å². The summed E-state index contributed by atoms with van der Waals surface area (Å²) in [6.07, 6.45) is 1.69. The molecule has 0 atom stereocenters. The number of nitrogens with zero attached hydrogens (tertiary/aromatic N) is 1. The van der Waals surface area contributed by atoms with Crippen molar-refractivity contribution in [1.82, 2.24) is 4.90 Å². The number of hydrogen-bond acceptors (Lipinski definition) is 6. The van der Waals surface area contributed by atoms with E-state index in [1.54, 1.807) is 12.1 Å².